The van der Waals surface area contributed by atoms with Gasteiger partial charge in [0.1, 0.15) is 5.75 Å². The number of benzene rings is 2. The van der Waals surface area contributed by atoms with Crippen molar-refractivity contribution in [2.24, 2.45) is 0 Å². The van der Waals surface area contributed by atoms with E-state index in [9.17, 15) is 9.59 Å². The molecule has 2 rings (SSSR count). The van der Waals surface area contributed by atoms with Crippen LogP contribution >= 0.6 is 15.9 Å². The Morgan fingerprint density at radius 1 is 1.20 bits per heavy atom. The van der Waals surface area contributed by atoms with Crippen molar-refractivity contribution >= 4 is 33.4 Å². The van der Waals surface area contributed by atoms with Gasteiger partial charge in [-0.2, -0.15) is 0 Å². The number of hydrogen-bond acceptors (Lipinski definition) is 4. The van der Waals surface area contributed by atoms with Gasteiger partial charge in [-0.25, -0.2) is 4.79 Å². The molecule has 2 aromatic rings. The standard InChI is InChI=1S/C18H14BrNO5/c19-12-6-7-16(25-10-17(22)23)13(8-12)18(24)15(21)9-14(20)11-4-2-1-3-5-11/h1-9,20-21H,10H2,(H,22,23)/p+1/b15-9-,20-14?. The Bertz CT molecular complexity index is 846. The molecule has 0 saturated carbocycles. The van der Waals surface area contributed by atoms with Crippen LogP contribution in [0, 0.1) is 5.41 Å². The number of aliphatic carboxylic acids is 1. The molecule has 25 heavy (non-hydrogen) atoms. The van der Waals surface area contributed by atoms with Crippen LogP contribution in [-0.2, 0) is 4.79 Å². The molecular formula is C18H15BrNO5+. The molecule has 0 amide bonds. The first-order valence-corrected chi connectivity index (χ1v) is 7.94. The Kier molecular flexibility index (Phi) is 6.08. The van der Waals surface area contributed by atoms with E-state index in [1.807, 2.05) is 0 Å². The number of ketones is 1. The van der Waals surface area contributed by atoms with Gasteiger partial charge in [-0.1, -0.05) is 46.3 Å². The van der Waals surface area contributed by atoms with Gasteiger partial charge >= 0.3 is 11.7 Å². The SMILES string of the molecule is N=C(/C=C(\[OH2+])C(=O)c1cc(Br)ccc1OCC(=O)O)c1ccccc1. The van der Waals surface area contributed by atoms with Gasteiger partial charge < -0.3 is 14.9 Å². The summed E-state index contributed by atoms with van der Waals surface area (Å²) >= 11 is 3.23. The molecule has 0 aromatic heterocycles. The zero-order valence-corrected chi connectivity index (χ0v) is 14.5. The molecule has 0 bridgehead atoms. The van der Waals surface area contributed by atoms with Crippen LogP contribution in [0.5, 0.6) is 5.75 Å². The maximum atomic E-state index is 12.5. The molecule has 0 heterocycles. The number of Topliss-reactive ketones (excluding diaryl/α,β-unsaturated/α-hetero) is 1. The second-order valence-electron chi connectivity index (χ2n) is 4.99. The van der Waals surface area contributed by atoms with Crippen LogP contribution in [0.15, 0.2) is 64.8 Å². The summed E-state index contributed by atoms with van der Waals surface area (Å²) < 4.78 is 5.70. The van der Waals surface area contributed by atoms with Gasteiger partial charge in [0.2, 0.25) is 0 Å². The van der Waals surface area contributed by atoms with E-state index in [1.165, 1.54) is 12.1 Å². The summed E-state index contributed by atoms with van der Waals surface area (Å²) in [6, 6.07) is 13.2. The molecule has 4 N–H and O–H groups in total. The Balaban J connectivity index is 2.29. The van der Waals surface area contributed by atoms with Gasteiger partial charge in [-0.15, -0.1) is 0 Å². The van der Waals surface area contributed by atoms with E-state index in [0.29, 0.717) is 10.0 Å². The summed E-state index contributed by atoms with van der Waals surface area (Å²) in [5, 5.41) is 24.7. The van der Waals surface area contributed by atoms with Gasteiger partial charge in [0.05, 0.1) is 17.4 Å². The molecule has 2 aromatic carbocycles. The van der Waals surface area contributed by atoms with Crippen LogP contribution in [-0.4, -0.2) is 34.3 Å². The predicted octanol–water partition coefficient (Wildman–Crippen LogP) is 2.77. The topological polar surface area (TPSA) is 110 Å². The van der Waals surface area contributed by atoms with E-state index in [2.05, 4.69) is 15.9 Å². The van der Waals surface area contributed by atoms with Crippen LogP contribution < -0.4 is 4.74 Å². The summed E-state index contributed by atoms with van der Waals surface area (Å²) in [5.41, 5.74) is 0.663. The van der Waals surface area contributed by atoms with E-state index in [-0.39, 0.29) is 17.0 Å². The van der Waals surface area contributed by atoms with Crippen molar-refractivity contribution in [3.8, 4) is 5.75 Å². The number of halogens is 1. The zero-order valence-electron chi connectivity index (χ0n) is 13.0. The molecule has 7 heteroatoms. The Morgan fingerprint density at radius 3 is 2.52 bits per heavy atom. The minimum absolute atomic E-state index is 0.0296. The lowest BCUT2D eigenvalue weighted by molar-refractivity contribution is -0.139. The first-order chi connectivity index (χ1) is 11.9. The number of ether oxygens (including phenoxy) is 1. The molecule has 6 nitrogen and oxygen atoms in total. The molecule has 0 atom stereocenters. The number of carbonyl (C=O) groups excluding carboxylic acids is 1. The molecule has 128 valence electrons. The van der Waals surface area contributed by atoms with Crippen molar-refractivity contribution in [3.63, 3.8) is 0 Å². The van der Waals surface area contributed by atoms with Crippen molar-refractivity contribution in [1.29, 1.82) is 5.41 Å². The lowest BCUT2D eigenvalue weighted by Gasteiger charge is -2.08. The number of hydrogen-bond donors (Lipinski definition) is 2. The Labute approximate surface area is 152 Å². The number of allylic oxidation sites excluding steroid dienone is 2. The van der Waals surface area contributed by atoms with E-state index in [4.69, 9.17) is 20.4 Å². The molecular weight excluding hydrogens is 390 g/mol. The highest BCUT2D eigenvalue weighted by molar-refractivity contribution is 9.10. The Hall–Kier alpha value is -2.93. The molecule has 0 unspecified atom stereocenters. The monoisotopic (exact) mass is 404 g/mol. The summed E-state index contributed by atoms with van der Waals surface area (Å²) in [4.78, 5) is 23.2. The molecule has 0 radical (unpaired) electrons. The van der Waals surface area contributed by atoms with E-state index in [1.54, 1.807) is 36.4 Å². The fourth-order valence-corrected chi connectivity index (χ4v) is 2.36. The first-order valence-electron chi connectivity index (χ1n) is 7.14. The normalized spacial score (nSPS) is 11.0. The number of carbonyl (C=O) groups is 2. The van der Waals surface area contributed by atoms with E-state index in [0.717, 1.165) is 6.08 Å². The Morgan fingerprint density at radius 2 is 1.88 bits per heavy atom. The van der Waals surface area contributed by atoms with Crippen molar-refractivity contribution in [2.45, 2.75) is 0 Å². The first kappa shape index (κ1) is 18.4. The molecule has 0 fully saturated rings. The third kappa shape index (κ3) is 5.02. The van der Waals surface area contributed by atoms with Crippen molar-refractivity contribution in [1.82, 2.24) is 0 Å². The van der Waals surface area contributed by atoms with Gasteiger partial charge in [0.25, 0.3) is 5.78 Å². The predicted molar refractivity (Wildman–Crippen MR) is 96.6 cm³/mol. The summed E-state index contributed by atoms with van der Waals surface area (Å²) in [6.45, 7) is -0.598. The van der Waals surface area contributed by atoms with Gasteiger partial charge in [0.15, 0.2) is 6.61 Å². The van der Waals surface area contributed by atoms with Gasteiger partial charge in [-0.05, 0) is 23.8 Å². The van der Waals surface area contributed by atoms with Crippen LogP contribution in [0.25, 0.3) is 0 Å². The van der Waals surface area contributed by atoms with Crippen LogP contribution in [0.4, 0.5) is 0 Å². The summed E-state index contributed by atoms with van der Waals surface area (Å²) in [6.07, 6.45) is 1.15. The number of carboxylic acids is 1. The lowest BCUT2D eigenvalue weighted by Crippen LogP contribution is -2.13. The van der Waals surface area contributed by atoms with E-state index >= 15 is 0 Å². The van der Waals surface area contributed by atoms with Gasteiger partial charge in [-0.3, -0.25) is 10.2 Å². The average Bonchev–Trinajstić information content (AvgIpc) is 2.60. The zero-order chi connectivity index (χ0) is 18.4. The largest absolute Gasteiger partial charge is 0.590 e. The fourth-order valence-electron chi connectivity index (χ4n) is 2.00. The van der Waals surface area contributed by atoms with Crippen LogP contribution in [0.1, 0.15) is 15.9 Å². The number of rotatable bonds is 7. The van der Waals surface area contributed by atoms with Crippen LogP contribution in [0.2, 0.25) is 0 Å². The maximum absolute atomic E-state index is 12.5. The third-order valence-electron chi connectivity index (χ3n) is 3.16. The molecule has 0 aliphatic carbocycles. The van der Waals surface area contributed by atoms with Crippen molar-refractivity contribution < 1.29 is 24.5 Å². The molecule has 0 aliphatic heterocycles. The summed E-state index contributed by atoms with van der Waals surface area (Å²) in [5.74, 6) is -2.16. The number of nitrogens with one attached hydrogen (secondary N) is 1. The minimum Gasteiger partial charge on any atom is -0.590 e. The highest BCUT2D eigenvalue weighted by Gasteiger charge is 2.22. The minimum atomic E-state index is -1.17. The summed E-state index contributed by atoms with van der Waals surface area (Å²) in [7, 11) is 0. The third-order valence-corrected chi connectivity index (χ3v) is 3.65. The van der Waals surface area contributed by atoms with E-state index < -0.39 is 24.1 Å². The fraction of sp³-hybridized carbons (Fsp3) is 0.0556. The molecule has 0 spiro atoms. The van der Waals surface area contributed by atoms with Crippen molar-refractivity contribution in [3.05, 3.63) is 76.0 Å². The van der Waals surface area contributed by atoms with Crippen LogP contribution in [0.3, 0.4) is 0 Å². The highest BCUT2D eigenvalue weighted by Crippen LogP contribution is 2.25. The molecule has 0 saturated heterocycles. The second kappa shape index (κ2) is 8.25. The highest BCUT2D eigenvalue weighted by atomic mass is 79.9. The molecule has 0 aliphatic rings. The quantitative estimate of drug-likeness (QED) is 0.243. The maximum Gasteiger partial charge on any atom is 0.341 e. The van der Waals surface area contributed by atoms with Gasteiger partial charge in [0, 0.05) is 4.47 Å². The average molecular weight is 405 g/mol. The second-order valence-corrected chi connectivity index (χ2v) is 5.91. The van der Waals surface area contributed by atoms with Crippen molar-refractivity contribution in [2.75, 3.05) is 6.61 Å². The lowest BCUT2D eigenvalue weighted by atomic mass is 10.0. The smallest absolute Gasteiger partial charge is 0.341 e. The number of carboxylic acid groups (broad SMARTS) is 1.